The van der Waals surface area contributed by atoms with E-state index in [2.05, 4.69) is 56.5 Å². The van der Waals surface area contributed by atoms with Crippen LogP contribution in [0.15, 0.2) is 0 Å². The number of carbonyl (C=O) groups is 2. The molecule has 8 aliphatic rings. The van der Waals surface area contributed by atoms with Crippen LogP contribution in [0.25, 0.3) is 0 Å². The second kappa shape index (κ2) is 15.4. The fraction of sp³-hybridized carbons (Fsp3) is 0.959. The molecule has 1 heterocycles. The molecule has 0 unspecified atom stereocenters. The van der Waals surface area contributed by atoms with Gasteiger partial charge in [0.15, 0.2) is 9.84 Å². The summed E-state index contributed by atoms with van der Waals surface area (Å²) in [7, 11) is -6.63. The molecule has 0 aromatic heterocycles. The summed E-state index contributed by atoms with van der Waals surface area (Å²) >= 11 is 0. The molecule has 13 heteroatoms. The summed E-state index contributed by atoms with van der Waals surface area (Å²) < 4.78 is 61.1. The third kappa shape index (κ3) is 7.30. The van der Waals surface area contributed by atoms with Gasteiger partial charge in [-0.05, 0) is 161 Å². The first-order chi connectivity index (χ1) is 28.6. The number of carboxylic acids is 1. The van der Waals surface area contributed by atoms with Gasteiger partial charge in [-0.1, -0.05) is 55.4 Å². The average Bonchev–Trinajstić information content (AvgIpc) is 3.79. The first-order valence-corrected chi connectivity index (χ1v) is 28.1. The lowest BCUT2D eigenvalue weighted by molar-refractivity contribution is -0.250. The standard InChI is InChI=1S/C49H83N3O8S2/c1-30(2)62(58,59)51-31(3)36(52-24-26-61(56,57)27-25-52)29-50-49-19-14-32(45(8)20-21-45)40(49)33-12-13-38-46(9)17-16-39(60-42(55)35-28-34(41(53)54)43(35,4)5)44(6,7)37(46)15-18-48(38,11)47(33,10)22-23-49/h30-40,50-51H,12-29H2,1-11H3,(H,53,54)/t31-,32-,33-,34+,35-,36-,37+,38-,39+,40-,46+,47-,48-,49+/m1/s1. The molecule has 0 amide bonds. The van der Waals surface area contributed by atoms with Crippen molar-refractivity contribution in [1.82, 2.24) is 14.9 Å². The molecule has 1 aliphatic heterocycles. The number of ether oxygens (including phenoxy) is 1. The molecule has 62 heavy (non-hydrogen) atoms. The van der Waals surface area contributed by atoms with Gasteiger partial charge in [-0.2, -0.15) is 0 Å². The van der Waals surface area contributed by atoms with Crippen LogP contribution in [0.3, 0.4) is 0 Å². The van der Waals surface area contributed by atoms with Gasteiger partial charge in [-0.25, -0.2) is 21.6 Å². The lowest BCUT2D eigenvalue weighted by Gasteiger charge is -2.73. The highest BCUT2D eigenvalue weighted by Crippen LogP contribution is 2.78. The number of carboxylic acid groups (broad SMARTS) is 1. The van der Waals surface area contributed by atoms with Gasteiger partial charge >= 0.3 is 11.9 Å². The molecule has 8 fully saturated rings. The van der Waals surface area contributed by atoms with E-state index in [1.54, 1.807) is 13.8 Å². The molecule has 7 aliphatic carbocycles. The van der Waals surface area contributed by atoms with Crippen molar-refractivity contribution in [3.8, 4) is 0 Å². The van der Waals surface area contributed by atoms with Crippen LogP contribution in [-0.4, -0.2) is 98.9 Å². The zero-order valence-corrected chi connectivity index (χ0v) is 41.8. The Morgan fingerprint density at radius 3 is 2.02 bits per heavy atom. The molecule has 0 bridgehead atoms. The highest BCUT2D eigenvalue weighted by Gasteiger charge is 2.72. The Morgan fingerprint density at radius 1 is 0.758 bits per heavy atom. The Morgan fingerprint density at radius 2 is 1.42 bits per heavy atom. The molecule has 1 saturated heterocycles. The summed E-state index contributed by atoms with van der Waals surface area (Å²) in [5.41, 5.74) is -0.0126. The van der Waals surface area contributed by atoms with Crippen molar-refractivity contribution in [3.05, 3.63) is 0 Å². The van der Waals surface area contributed by atoms with Crippen LogP contribution in [-0.2, 0) is 34.2 Å². The topological polar surface area (TPSA) is 159 Å². The predicted octanol–water partition coefficient (Wildman–Crippen LogP) is 7.68. The molecule has 11 nitrogen and oxygen atoms in total. The Balaban J connectivity index is 1.04. The number of hydrogen-bond donors (Lipinski definition) is 3. The van der Waals surface area contributed by atoms with E-state index in [4.69, 9.17) is 4.74 Å². The molecule has 3 N–H and O–H groups in total. The number of rotatable bonds is 12. The second-order valence-corrected chi connectivity index (χ2v) is 29.6. The van der Waals surface area contributed by atoms with Gasteiger partial charge < -0.3 is 15.2 Å². The van der Waals surface area contributed by atoms with Crippen molar-refractivity contribution >= 4 is 31.8 Å². The van der Waals surface area contributed by atoms with Gasteiger partial charge in [-0.3, -0.25) is 14.5 Å². The number of aliphatic carboxylic acids is 1. The van der Waals surface area contributed by atoms with E-state index in [-0.39, 0.29) is 68.8 Å². The van der Waals surface area contributed by atoms with E-state index < -0.39 is 42.4 Å². The van der Waals surface area contributed by atoms with Crippen molar-refractivity contribution in [1.29, 1.82) is 0 Å². The van der Waals surface area contributed by atoms with Crippen molar-refractivity contribution in [2.45, 2.75) is 189 Å². The quantitative estimate of drug-likeness (QED) is 0.166. The van der Waals surface area contributed by atoms with Crippen LogP contribution >= 0.6 is 0 Å². The van der Waals surface area contributed by atoms with E-state index >= 15 is 0 Å². The molecule has 14 atom stereocenters. The predicted molar refractivity (Wildman–Crippen MR) is 243 cm³/mol. The van der Waals surface area contributed by atoms with Crippen molar-refractivity contribution in [2.75, 3.05) is 31.1 Å². The first kappa shape index (κ1) is 47.2. The Hall–Kier alpha value is -1.28. The van der Waals surface area contributed by atoms with Gasteiger partial charge in [0.25, 0.3) is 0 Å². The molecule has 7 saturated carbocycles. The minimum Gasteiger partial charge on any atom is -0.481 e. The van der Waals surface area contributed by atoms with Crippen molar-refractivity contribution in [3.63, 3.8) is 0 Å². The van der Waals surface area contributed by atoms with Crippen molar-refractivity contribution in [2.24, 2.45) is 73.9 Å². The van der Waals surface area contributed by atoms with Gasteiger partial charge in [0.05, 0.1) is 28.6 Å². The highest BCUT2D eigenvalue weighted by molar-refractivity contribution is 7.91. The molecule has 0 radical (unpaired) electrons. The van der Waals surface area contributed by atoms with Crippen LogP contribution in [0.4, 0.5) is 0 Å². The number of esters is 1. The van der Waals surface area contributed by atoms with E-state index in [0.717, 1.165) is 32.1 Å². The van der Waals surface area contributed by atoms with Crippen molar-refractivity contribution < 1.29 is 36.3 Å². The summed E-state index contributed by atoms with van der Waals surface area (Å²) in [6.07, 6.45) is 14.0. The fourth-order valence-electron chi connectivity index (χ4n) is 16.9. The van der Waals surface area contributed by atoms with Gasteiger partial charge in [-0.15, -0.1) is 0 Å². The monoisotopic (exact) mass is 906 g/mol. The van der Waals surface area contributed by atoms with E-state index in [0.29, 0.717) is 61.1 Å². The normalized spacial score (nSPS) is 45.0. The molecule has 354 valence electrons. The summed E-state index contributed by atoms with van der Waals surface area (Å²) in [5, 5.41) is 13.5. The molecule has 0 aromatic rings. The number of nitrogens with zero attached hydrogens (tertiary/aromatic N) is 1. The summed E-state index contributed by atoms with van der Waals surface area (Å²) in [4.78, 5) is 27.8. The number of fused-ring (bicyclic) bond motifs is 7. The zero-order chi connectivity index (χ0) is 45.4. The van der Waals surface area contributed by atoms with Crippen LogP contribution in [0.5, 0.6) is 0 Å². The molecular weight excluding hydrogens is 823 g/mol. The van der Waals surface area contributed by atoms with Crippen LogP contribution in [0.2, 0.25) is 0 Å². The fourth-order valence-corrected chi connectivity index (χ4v) is 19.0. The average molecular weight is 906 g/mol. The van der Waals surface area contributed by atoms with Gasteiger partial charge in [0.1, 0.15) is 6.10 Å². The summed E-state index contributed by atoms with van der Waals surface area (Å²) in [6, 6.07) is -0.541. The zero-order valence-electron chi connectivity index (χ0n) is 40.1. The van der Waals surface area contributed by atoms with E-state index in [1.165, 1.54) is 44.9 Å². The lowest BCUT2D eigenvalue weighted by atomic mass is 9.32. The maximum absolute atomic E-state index is 13.7. The first-order valence-electron chi connectivity index (χ1n) is 24.7. The maximum Gasteiger partial charge on any atom is 0.309 e. The summed E-state index contributed by atoms with van der Waals surface area (Å²) in [6.45, 7) is 25.8. The summed E-state index contributed by atoms with van der Waals surface area (Å²) in [5.74, 6) is 1.05. The SMILES string of the molecule is CC(C)S(=O)(=O)N[C@H](C)[C@@H](CN[C@]12CC[C@@H](C3(C)CC3)[C@@H]1[C@H]1CC[C@@H]3[C@@]4(C)CC[C@H](OC(=O)[C@H]5C[C@@H](C(=O)O)C5(C)C)C(C)(C)[C@@H]4CC[C@@]3(C)[C@]1(C)CC2)N1CCS(=O)(=O)CC1. The Kier molecular flexibility index (Phi) is 11.7. The molecular formula is C49H83N3O8S2. The number of nitrogens with one attached hydrogen (secondary N) is 2. The second-order valence-electron chi connectivity index (χ2n) is 25.1. The number of sulfone groups is 1. The maximum atomic E-state index is 13.7. The highest BCUT2D eigenvalue weighted by atomic mass is 32.2. The third-order valence-electron chi connectivity index (χ3n) is 21.5. The number of carbonyl (C=O) groups excluding carboxylic acids is 1. The molecule has 0 aromatic carbocycles. The van der Waals surface area contributed by atoms with E-state index in [1.807, 2.05) is 20.8 Å². The van der Waals surface area contributed by atoms with Gasteiger partial charge in [0, 0.05) is 42.7 Å². The van der Waals surface area contributed by atoms with Crippen LogP contribution in [0.1, 0.15) is 160 Å². The lowest BCUT2D eigenvalue weighted by Crippen LogP contribution is -2.70. The van der Waals surface area contributed by atoms with Gasteiger partial charge in [0.2, 0.25) is 10.0 Å². The molecule has 0 spiro atoms. The Bertz CT molecular complexity index is 1990. The van der Waals surface area contributed by atoms with Crippen LogP contribution < -0.4 is 10.0 Å². The smallest absolute Gasteiger partial charge is 0.309 e. The van der Waals surface area contributed by atoms with E-state index in [9.17, 15) is 31.5 Å². The molecule has 8 rings (SSSR count). The largest absolute Gasteiger partial charge is 0.481 e. The Labute approximate surface area is 375 Å². The number of sulfonamides is 1. The van der Waals surface area contributed by atoms with Crippen LogP contribution in [0, 0.1) is 73.9 Å². The minimum absolute atomic E-state index is 0.0368. The number of hydrogen-bond acceptors (Lipinski definition) is 9. The third-order valence-corrected chi connectivity index (χ3v) is 25.0. The minimum atomic E-state index is -3.53.